The number of carbonyl (C=O) groups is 1. The summed E-state index contributed by atoms with van der Waals surface area (Å²) >= 11 is 1.66. The van der Waals surface area contributed by atoms with Gasteiger partial charge in [0.25, 0.3) is 10.0 Å². The molecular weight excluding hydrogens is 426 g/mol. The van der Waals surface area contributed by atoms with Gasteiger partial charge in [-0.25, -0.2) is 13.1 Å². The first-order chi connectivity index (χ1) is 14.2. The SMILES string of the molecule is CN=C(NCCSCc1ccc(CN(C)C)o1)NS(=O)(=O)c1cccc(C(N)=O)c1. The van der Waals surface area contributed by atoms with E-state index >= 15 is 0 Å². The van der Waals surface area contributed by atoms with Crippen LogP contribution in [0.15, 0.2) is 50.7 Å². The van der Waals surface area contributed by atoms with Crippen LogP contribution in [0.2, 0.25) is 0 Å². The van der Waals surface area contributed by atoms with Crippen LogP contribution in [0.4, 0.5) is 0 Å². The first-order valence-corrected chi connectivity index (χ1v) is 11.8. The molecule has 164 valence electrons. The van der Waals surface area contributed by atoms with Crippen molar-refractivity contribution in [2.75, 3.05) is 33.4 Å². The number of carbonyl (C=O) groups excluding carboxylic acids is 1. The van der Waals surface area contributed by atoms with Crippen molar-refractivity contribution in [3.8, 4) is 0 Å². The Hall–Kier alpha value is -2.50. The number of hydrogen-bond donors (Lipinski definition) is 3. The zero-order chi connectivity index (χ0) is 22.1. The van der Waals surface area contributed by atoms with E-state index in [-0.39, 0.29) is 16.4 Å². The van der Waals surface area contributed by atoms with E-state index in [1.807, 2.05) is 31.1 Å². The number of hydrogen-bond acceptors (Lipinski definition) is 7. The van der Waals surface area contributed by atoms with Crippen molar-refractivity contribution in [3.05, 3.63) is 53.5 Å². The Balaban J connectivity index is 1.81. The number of nitrogens with two attached hydrogens (primary N) is 1. The summed E-state index contributed by atoms with van der Waals surface area (Å²) in [4.78, 5) is 17.2. The summed E-state index contributed by atoms with van der Waals surface area (Å²) < 4.78 is 33.2. The van der Waals surface area contributed by atoms with Crippen LogP contribution >= 0.6 is 11.8 Å². The molecule has 0 fully saturated rings. The van der Waals surface area contributed by atoms with E-state index < -0.39 is 15.9 Å². The average molecular weight is 454 g/mol. The number of furan rings is 1. The van der Waals surface area contributed by atoms with Crippen LogP contribution in [0.3, 0.4) is 0 Å². The average Bonchev–Trinajstić information content (AvgIpc) is 3.13. The van der Waals surface area contributed by atoms with E-state index in [9.17, 15) is 13.2 Å². The van der Waals surface area contributed by atoms with E-state index in [2.05, 4.69) is 15.0 Å². The van der Waals surface area contributed by atoms with Gasteiger partial charge in [0, 0.05) is 24.9 Å². The fraction of sp³-hybridized carbons (Fsp3) is 0.368. The predicted molar refractivity (Wildman–Crippen MR) is 119 cm³/mol. The molecule has 30 heavy (non-hydrogen) atoms. The number of primary amides is 1. The zero-order valence-electron chi connectivity index (χ0n) is 17.2. The van der Waals surface area contributed by atoms with Gasteiger partial charge in [0.05, 0.1) is 17.2 Å². The normalized spacial score (nSPS) is 12.2. The number of thioether (sulfide) groups is 1. The van der Waals surface area contributed by atoms with Crippen LogP contribution in [0.25, 0.3) is 0 Å². The molecule has 11 heteroatoms. The molecule has 2 rings (SSSR count). The predicted octanol–water partition coefficient (Wildman–Crippen LogP) is 1.23. The Labute approximate surface area is 181 Å². The van der Waals surface area contributed by atoms with Crippen molar-refractivity contribution in [2.45, 2.75) is 17.2 Å². The van der Waals surface area contributed by atoms with Gasteiger partial charge in [-0.1, -0.05) is 6.07 Å². The molecule has 0 aliphatic carbocycles. The number of sulfonamides is 1. The van der Waals surface area contributed by atoms with Crippen molar-refractivity contribution in [2.24, 2.45) is 10.7 Å². The molecule has 0 saturated carbocycles. The maximum atomic E-state index is 12.5. The molecule has 0 spiro atoms. The molecule has 1 aromatic heterocycles. The smallest absolute Gasteiger partial charge is 0.264 e. The van der Waals surface area contributed by atoms with Gasteiger partial charge in [-0.2, -0.15) is 11.8 Å². The minimum absolute atomic E-state index is 0.0672. The van der Waals surface area contributed by atoms with Crippen LogP contribution in [-0.2, 0) is 22.3 Å². The van der Waals surface area contributed by atoms with Crippen LogP contribution in [0.1, 0.15) is 21.9 Å². The summed E-state index contributed by atoms with van der Waals surface area (Å²) in [5, 5.41) is 2.96. The summed E-state index contributed by atoms with van der Waals surface area (Å²) in [6.45, 7) is 1.26. The van der Waals surface area contributed by atoms with Crippen molar-refractivity contribution in [3.63, 3.8) is 0 Å². The highest BCUT2D eigenvalue weighted by molar-refractivity contribution is 7.98. The third-order valence-corrected chi connectivity index (χ3v) is 6.17. The number of rotatable bonds is 10. The molecule has 1 aromatic carbocycles. The van der Waals surface area contributed by atoms with Gasteiger partial charge in [-0.05, 0) is 44.4 Å². The first kappa shape index (κ1) is 23.8. The molecular formula is C19H27N5O4S2. The van der Waals surface area contributed by atoms with Crippen molar-refractivity contribution < 1.29 is 17.6 Å². The molecule has 4 N–H and O–H groups in total. The number of guanidine groups is 1. The lowest BCUT2D eigenvalue weighted by Gasteiger charge is -2.12. The van der Waals surface area contributed by atoms with Crippen molar-refractivity contribution in [1.29, 1.82) is 0 Å². The van der Waals surface area contributed by atoms with Crippen molar-refractivity contribution in [1.82, 2.24) is 14.9 Å². The van der Waals surface area contributed by atoms with E-state index in [0.717, 1.165) is 29.6 Å². The van der Waals surface area contributed by atoms with E-state index in [4.69, 9.17) is 10.2 Å². The second kappa shape index (κ2) is 11.0. The highest BCUT2D eigenvalue weighted by atomic mass is 32.2. The second-order valence-corrected chi connectivity index (χ2v) is 9.44. The molecule has 0 bridgehead atoms. The van der Waals surface area contributed by atoms with Crippen LogP contribution in [0.5, 0.6) is 0 Å². The fourth-order valence-corrected chi connectivity index (χ4v) is 4.30. The quantitative estimate of drug-likeness (QED) is 0.280. The molecule has 0 aliphatic heterocycles. The minimum Gasteiger partial charge on any atom is -0.464 e. The first-order valence-electron chi connectivity index (χ1n) is 9.14. The third-order valence-electron chi connectivity index (χ3n) is 3.86. The molecule has 0 saturated heterocycles. The number of nitrogens with zero attached hydrogens (tertiary/aromatic N) is 2. The number of aliphatic imine (C=N–C) groups is 1. The molecule has 0 atom stereocenters. The van der Waals surface area contributed by atoms with Gasteiger partial charge in [-0.15, -0.1) is 0 Å². The number of amides is 1. The van der Waals surface area contributed by atoms with Gasteiger partial charge in [0.2, 0.25) is 11.9 Å². The van der Waals surface area contributed by atoms with Crippen molar-refractivity contribution >= 4 is 33.7 Å². The highest BCUT2D eigenvalue weighted by Gasteiger charge is 2.17. The van der Waals surface area contributed by atoms with E-state index in [1.54, 1.807) is 11.8 Å². The van der Waals surface area contributed by atoms with Crippen LogP contribution in [-0.4, -0.2) is 58.6 Å². The Morgan fingerprint density at radius 1 is 1.23 bits per heavy atom. The summed E-state index contributed by atoms with van der Waals surface area (Å²) in [7, 11) is 1.55. The van der Waals surface area contributed by atoms with Gasteiger partial charge >= 0.3 is 0 Å². The number of nitrogens with one attached hydrogen (secondary N) is 2. The Morgan fingerprint density at radius 2 is 1.97 bits per heavy atom. The molecule has 1 heterocycles. The topological polar surface area (TPSA) is 130 Å². The van der Waals surface area contributed by atoms with E-state index in [0.29, 0.717) is 6.54 Å². The lowest BCUT2D eigenvalue weighted by Crippen LogP contribution is -2.41. The maximum Gasteiger partial charge on any atom is 0.264 e. The number of benzene rings is 1. The third kappa shape index (κ3) is 7.39. The summed E-state index contributed by atoms with van der Waals surface area (Å²) in [5.74, 6) is 2.68. The largest absolute Gasteiger partial charge is 0.464 e. The molecule has 0 unspecified atom stereocenters. The summed E-state index contributed by atoms with van der Waals surface area (Å²) in [6, 6.07) is 9.45. The van der Waals surface area contributed by atoms with Crippen LogP contribution < -0.4 is 15.8 Å². The second-order valence-electron chi connectivity index (χ2n) is 6.65. The van der Waals surface area contributed by atoms with Crippen LogP contribution in [0, 0.1) is 0 Å². The standard InChI is InChI=1S/C19H27N5O4S2/c1-21-19(23-30(26,27)17-6-4-5-14(11-17)18(20)25)22-9-10-29-13-16-8-7-15(28-16)12-24(2)3/h4-8,11H,9-10,12-13H2,1-3H3,(H2,20,25)(H2,21,22,23). The van der Waals surface area contributed by atoms with Gasteiger partial charge in [0.15, 0.2) is 0 Å². The van der Waals surface area contributed by atoms with Gasteiger partial charge in [-0.3, -0.25) is 9.79 Å². The Bertz CT molecular complexity index is 986. The Kier molecular flexibility index (Phi) is 8.75. The fourth-order valence-electron chi connectivity index (χ4n) is 2.47. The molecule has 2 aromatic rings. The lowest BCUT2D eigenvalue weighted by atomic mass is 10.2. The summed E-state index contributed by atoms with van der Waals surface area (Å²) in [5.41, 5.74) is 5.33. The monoisotopic (exact) mass is 453 g/mol. The summed E-state index contributed by atoms with van der Waals surface area (Å²) in [6.07, 6.45) is 0. The highest BCUT2D eigenvalue weighted by Crippen LogP contribution is 2.16. The minimum atomic E-state index is -3.90. The lowest BCUT2D eigenvalue weighted by molar-refractivity contribution is 0.1000. The molecule has 0 aliphatic rings. The Morgan fingerprint density at radius 3 is 2.63 bits per heavy atom. The van der Waals surface area contributed by atoms with Gasteiger partial charge in [0.1, 0.15) is 11.5 Å². The molecule has 0 radical (unpaired) electrons. The van der Waals surface area contributed by atoms with E-state index in [1.165, 1.54) is 31.3 Å². The zero-order valence-corrected chi connectivity index (χ0v) is 18.8. The molecule has 9 nitrogen and oxygen atoms in total. The maximum absolute atomic E-state index is 12.5. The molecule has 1 amide bonds. The van der Waals surface area contributed by atoms with Gasteiger partial charge < -0.3 is 20.4 Å².